The van der Waals surface area contributed by atoms with Gasteiger partial charge in [-0.3, -0.25) is 14.4 Å². The van der Waals surface area contributed by atoms with Crippen molar-refractivity contribution in [2.45, 2.75) is 31.9 Å². The lowest BCUT2D eigenvalue weighted by Gasteiger charge is -2.12. The number of carbonyl (C=O) groups excluding carboxylic acids is 2. The van der Waals surface area contributed by atoms with Crippen LogP contribution >= 0.6 is 0 Å². The second-order valence-corrected chi connectivity index (χ2v) is 5.11. The molecule has 0 aromatic heterocycles. The first-order chi connectivity index (χ1) is 10.5. The van der Waals surface area contributed by atoms with Crippen molar-refractivity contribution >= 4 is 23.5 Å². The van der Waals surface area contributed by atoms with Gasteiger partial charge in [-0.25, -0.2) is 0 Å². The normalized spacial score (nSPS) is 18.5. The van der Waals surface area contributed by atoms with Crippen LogP contribution in [-0.4, -0.2) is 41.6 Å². The van der Waals surface area contributed by atoms with E-state index in [1.165, 1.54) is 13.0 Å². The highest BCUT2D eigenvalue weighted by molar-refractivity contribution is 5.99. The van der Waals surface area contributed by atoms with Crippen LogP contribution in [0.5, 0.6) is 0 Å². The van der Waals surface area contributed by atoms with E-state index < -0.39 is 24.0 Å². The fraction of sp³-hybridized carbons (Fsp3) is 0.400. The summed E-state index contributed by atoms with van der Waals surface area (Å²) in [5.41, 5.74) is 0.745. The van der Waals surface area contributed by atoms with Crippen molar-refractivity contribution in [2.24, 2.45) is 0 Å². The number of benzene rings is 1. The zero-order valence-corrected chi connectivity index (χ0v) is 12.2. The monoisotopic (exact) mass is 306 g/mol. The molecule has 118 valence electrons. The molecule has 2 atom stereocenters. The summed E-state index contributed by atoms with van der Waals surface area (Å²) in [4.78, 5) is 34.6. The van der Waals surface area contributed by atoms with Crippen molar-refractivity contribution in [3.63, 3.8) is 0 Å². The maximum atomic E-state index is 11.9. The van der Waals surface area contributed by atoms with E-state index in [-0.39, 0.29) is 11.5 Å². The topological polar surface area (TPSA) is 105 Å². The molecule has 1 aliphatic rings. The molecule has 0 spiro atoms. The first kappa shape index (κ1) is 16.0. The average Bonchev–Trinajstić information content (AvgIpc) is 3.01. The van der Waals surface area contributed by atoms with Crippen molar-refractivity contribution in [3.05, 3.63) is 29.8 Å². The lowest BCUT2D eigenvalue weighted by Crippen LogP contribution is -2.38. The number of hydrogen-bond donors (Lipinski definition) is 3. The quantitative estimate of drug-likeness (QED) is 0.753. The van der Waals surface area contributed by atoms with Crippen LogP contribution in [0.2, 0.25) is 0 Å². The smallest absolute Gasteiger partial charge is 0.325 e. The Bertz CT molecular complexity index is 581. The van der Waals surface area contributed by atoms with Gasteiger partial charge in [0.05, 0.1) is 0 Å². The molecular weight excluding hydrogens is 288 g/mol. The van der Waals surface area contributed by atoms with E-state index in [1.807, 2.05) is 0 Å². The zero-order chi connectivity index (χ0) is 16.1. The van der Waals surface area contributed by atoms with Crippen molar-refractivity contribution in [1.82, 2.24) is 5.32 Å². The number of aliphatic carboxylic acids is 1. The summed E-state index contributed by atoms with van der Waals surface area (Å²) in [5.74, 6) is -1.87. The third kappa shape index (κ3) is 4.05. The van der Waals surface area contributed by atoms with E-state index >= 15 is 0 Å². The van der Waals surface area contributed by atoms with Crippen molar-refractivity contribution in [2.75, 3.05) is 11.9 Å². The predicted molar refractivity (Wildman–Crippen MR) is 78.6 cm³/mol. The Morgan fingerprint density at radius 3 is 2.77 bits per heavy atom. The Morgan fingerprint density at radius 2 is 2.14 bits per heavy atom. The number of anilines is 1. The standard InChI is InChI=1S/C15H18N2O5/c1-9(15(20)21)16-13(18)10-4-2-5-11(8-10)17-14(19)12-6-3-7-22-12/h2,4-5,8-9,12H,3,6-7H2,1H3,(H,16,18)(H,17,19)(H,20,21)/t9-,12-/m1/s1. The van der Waals surface area contributed by atoms with Gasteiger partial charge in [0.25, 0.3) is 11.8 Å². The van der Waals surface area contributed by atoms with Crippen LogP contribution in [0.1, 0.15) is 30.1 Å². The fourth-order valence-corrected chi connectivity index (χ4v) is 2.09. The number of amides is 2. The molecule has 1 heterocycles. The SMILES string of the molecule is C[C@@H](NC(=O)c1cccc(NC(=O)[C@H]2CCCO2)c1)C(=O)O. The Labute approximate surface area is 127 Å². The highest BCUT2D eigenvalue weighted by Gasteiger charge is 2.23. The van der Waals surface area contributed by atoms with E-state index in [0.29, 0.717) is 18.7 Å². The van der Waals surface area contributed by atoms with Crippen LogP contribution in [0, 0.1) is 0 Å². The minimum Gasteiger partial charge on any atom is -0.480 e. The van der Waals surface area contributed by atoms with Gasteiger partial charge in [-0.1, -0.05) is 6.07 Å². The van der Waals surface area contributed by atoms with Crippen LogP contribution in [0.15, 0.2) is 24.3 Å². The maximum Gasteiger partial charge on any atom is 0.325 e. The molecule has 7 nitrogen and oxygen atoms in total. The average molecular weight is 306 g/mol. The van der Waals surface area contributed by atoms with Crippen molar-refractivity contribution < 1.29 is 24.2 Å². The molecule has 1 aromatic carbocycles. The maximum absolute atomic E-state index is 11.9. The molecule has 0 saturated carbocycles. The lowest BCUT2D eigenvalue weighted by molar-refractivity contribution is -0.138. The molecule has 0 radical (unpaired) electrons. The van der Waals surface area contributed by atoms with Gasteiger partial charge < -0.3 is 20.5 Å². The van der Waals surface area contributed by atoms with E-state index in [1.54, 1.807) is 18.2 Å². The minimum absolute atomic E-state index is 0.242. The number of ether oxygens (including phenoxy) is 1. The molecule has 2 rings (SSSR count). The molecule has 1 aliphatic heterocycles. The van der Waals surface area contributed by atoms with Crippen LogP contribution in [0.3, 0.4) is 0 Å². The first-order valence-corrected chi connectivity index (χ1v) is 7.03. The number of rotatable bonds is 5. The summed E-state index contributed by atoms with van der Waals surface area (Å²) >= 11 is 0. The molecule has 3 N–H and O–H groups in total. The zero-order valence-electron chi connectivity index (χ0n) is 12.2. The Balaban J connectivity index is 2.01. The predicted octanol–water partition coefficient (Wildman–Crippen LogP) is 1.01. The van der Waals surface area contributed by atoms with Crippen LogP contribution in [-0.2, 0) is 14.3 Å². The molecular formula is C15H18N2O5. The summed E-state index contributed by atoms with van der Waals surface area (Å²) in [6, 6.07) is 5.33. The number of carboxylic acid groups (broad SMARTS) is 1. The summed E-state index contributed by atoms with van der Waals surface area (Å²) in [5, 5.41) is 13.8. The van der Waals surface area contributed by atoms with E-state index in [0.717, 1.165) is 6.42 Å². The molecule has 1 aromatic rings. The second kappa shape index (κ2) is 7.04. The number of hydrogen-bond acceptors (Lipinski definition) is 4. The highest BCUT2D eigenvalue weighted by Crippen LogP contribution is 2.16. The molecule has 0 unspecified atom stereocenters. The molecule has 0 bridgehead atoms. The molecule has 2 amide bonds. The third-order valence-corrected chi connectivity index (χ3v) is 3.33. The van der Waals surface area contributed by atoms with Crippen LogP contribution in [0.4, 0.5) is 5.69 Å². The Hall–Kier alpha value is -2.41. The number of carboxylic acids is 1. The Morgan fingerprint density at radius 1 is 1.36 bits per heavy atom. The van der Waals surface area contributed by atoms with Crippen molar-refractivity contribution in [1.29, 1.82) is 0 Å². The summed E-state index contributed by atoms with van der Waals surface area (Å²) in [6.45, 7) is 1.96. The van der Waals surface area contributed by atoms with Crippen LogP contribution in [0.25, 0.3) is 0 Å². The lowest BCUT2D eigenvalue weighted by atomic mass is 10.1. The summed E-state index contributed by atoms with van der Waals surface area (Å²) in [6.07, 6.45) is 1.08. The van der Waals surface area contributed by atoms with Gasteiger partial charge in [-0.2, -0.15) is 0 Å². The molecule has 1 fully saturated rings. The van der Waals surface area contributed by atoms with Crippen molar-refractivity contribution in [3.8, 4) is 0 Å². The number of nitrogens with one attached hydrogen (secondary N) is 2. The van der Waals surface area contributed by atoms with Gasteiger partial charge in [0.15, 0.2) is 0 Å². The molecule has 1 saturated heterocycles. The van der Waals surface area contributed by atoms with E-state index in [4.69, 9.17) is 9.84 Å². The second-order valence-electron chi connectivity index (χ2n) is 5.11. The Kier molecular flexibility index (Phi) is 5.11. The molecule has 0 aliphatic carbocycles. The highest BCUT2D eigenvalue weighted by atomic mass is 16.5. The van der Waals surface area contributed by atoms with Gasteiger partial charge in [-0.05, 0) is 38.0 Å². The minimum atomic E-state index is -1.11. The van der Waals surface area contributed by atoms with Gasteiger partial charge >= 0.3 is 5.97 Å². The third-order valence-electron chi connectivity index (χ3n) is 3.33. The van der Waals surface area contributed by atoms with Gasteiger partial charge in [0, 0.05) is 17.9 Å². The molecule has 22 heavy (non-hydrogen) atoms. The number of carbonyl (C=O) groups is 3. The molecule has 7 heteroatoms. The van der Waals surface area contributed by atoms with E-state index in [2.05, 4.69) is 10.6 Å². The fourth-order valence-electron chi connectivity index (χ4n) is 2.09. The summed E-state index contributed by atoms with van der Waals surface area (Å²) in [7, 11) is 0. The van der Waals surface area contributed by atoms with Gasteiger partial charge in [0.1, 0.15) is 12.1 Å². The largest absolute Gasteiger partial charge is 0.480 e. The van der Waals surface area contributed by atoms with Crippen LogP contribution < -0.4 is 10.6 Å². The summed E-state index contributed by atoms with van der Waals surface area (Å²) < 4.78 is 5.29. The van der Waals surface area contributed by atoms with Gasteiger partial charge in [0.2, 0.25) is 0 Å². The van der Waals surface area contributed by atoms with Gasteiger partial charge in [-0.15, -0.1) is 0 Å². The first-order valence-electron chi connectivity index (χ1n) is 7.03. The van der Waals surface area contributed by atoms with E-state index in [9.17, 15) is 14.4 Å².